The van der Waals surface area contributed by atoms with Crippen LogP contribution in [0.4, 0.5) is 0 Å². The van der Waals surface area contributed by atoms with Crippen molar-refractivity contribution >= 4 is 38.0 Å². The summed E-state index contributed by atoms with van der Waals surface area (Å²) in [6.07, 6.45) is 0. The van der Waals surface area contributed by atoms with Crippen LogP contribution in [-0.2, 0) is 0 Å². The smallest absolute Gasteiger partial charge is 1.00 e. The van der Waals surface area contributed by atoms with E-state index in [0.29, 0.717) is 0 Å². The van der Waals surface area contributed by atoms with Crippen LogP contribution in [0, 0.1) is 0 Å². The molecule has 0 atom stereocenters. The van der Waals surface area contributed by atoms with Crippen molar-refractivity contribution in [3.05, 3.63) is 0 Å². The number of rotatable bonds is 0. The van der Waals surface area contributed by atoms with Gasteiger partial charge in [-0.05, 0) is 11.0 Å². The Bertz CT molecular complexity index is 9.61. The predicted molar refractivity (Wildman–Crippen MR) is 33.2 cm³/mol. The summed E-state index contributed by atoms with van der Waals surface area (Å²) in [5, 5.41) is 0. The van der Waals surface area contributed by atoms with E-state index >= 15 is 0 Å². The van der Waals surface area contributed by atoms with E-state index in [2.05, 4.69) is 0 Å². The minimum Gasteiger partial charge on any atom is -1.00 e. The van der Waals surface area contributed by atoms with Crippen molar-refractivity contribution < 1.29 is 20.3 Å². The number of hydrogen-bond acceptors (Lipinski definition) is 0. The third kappa shape index (κ3) is 9.69. The van der Waals surface area contributed by atoms with Gasteiger partial charge in [0.05, 0.1) is 0 Å². The summed E-state index contributed by atoms with van der Waals surface area (Å²) in [6, 6.07) is 0. The molecular weight excluding hydrogens is 99.2 g/mol. The Labute approximate surface area is 58.3 Å². The monoisotopic (exact) mass is 108 g/mol. The first-order chi connectivity index (χ1) is 0. The van der Waals surface area contributed by atoms with Crippen molar-refractivity contribution in [3.8, 4) is 0 Å². The van der Waals surface area contributed by atoms with E-state index < -0.39 is 0 Å². The summed E-state index contributed by atoms with van der Waals surface area (Å²) in [5.74, 6) is 0. The van der Waals surface area contributed by atoms with E-state index in [0.717, 1.165) is 0 Å². The van der Waals surface area contributed by atoms with Gasteiger partial charge in [-0.1, -0.05) is 0 Å². The van der Waals surface area contributed by atoms with Gasteiger partial charge < -0.3 is 1.43 Å². The van der Waals surface area contributed by atoms with Crippen molar-refractivity contribution in [3.63, 3.8) is 0 Å². The number of hydrogen-bond donors (Lipinski definition) is 0. The molecule has 0 heterocycles. The van der Waals surface area contributed by atoms with Gasteiger partial charge in [-0.3, -0.25) is 0 Å². The molecule has 0 aliphatic carbocycles. The fraction of sp³-hybridized carbons (Fsp3) is 0. The normalized spacial score (nSPS) is 0. The van der Waals surface area contributed by atoms with Gasteiger partial charge in [0.25, 0.3) is 0 Å². The third-order valence-electron chi connectivity index (χ3n) is 0. The fourth-order valence-corrected chi connectivity index (χ4v) is 0. The maximum absolute atomic E-state index is 0. The summed E-state index contributed by atoms with van der Waals surface area (Å²) < 4.78 is 0. The molecule has 0 aliphatic rings. The molecule has 0 unspecified atom stereocenters. The molecule has 0 aromatic carbocycles. The molecular formula is H9LiS2Si. The Balaban J connectivity index is 0. The molecule has 0 fully saturated rings. The van der Waals surface area contributed by atoms with Crippen LogP contribution in [0.15, 0.2) is 0 Å². The van der Waals surface area contributed by atoms with Crippen LogP contribution in [0.3, 0.4) is 0 Å². The van der Waals surface area contributed by atoms with Crippen LogP contribution in [0.1, 0.15) is 1.43 Å². The first-order valence-corrected chi connectivity index (χ1v) is 0. The van der Waals surface area contributed by atoms with Crippen molar-refractivity contribution in [2.75, 3.05) is 0 Å². The second-order valence-corrected chi connectivity index (χ2v) is 0. The van der Waals surface area contributed by atoms with Crippen LogP contribution >= 0.6 is 27.0 Å². The minimum absolute atomic E-state index is 0. The molecule has 4 heteroatoms. The van der Waals surface area contributed by atoms with Crippen LogP contribution in [0.2, 0.25) is 0 Å². The van der Waals surface area contributed by atoms with Crippen LogP contribution in [-0.4, -0.2) is 11.0 Å². The van der Waals surface area contributed by atoms with E-state index in [1.54, 1.807) is 0 Å². The summed E-state index contributed by atoms with van der Waals surface area (Å²) in [4.78, 5) is 0. The zero-order valence-corrected chi connectivity index (χ0v) is 4.00. The van der Waals surface area contributed by atoms with E-state index in [4.69, 9.17) is 0 Å². The molecule has 0 saturated carbocycles. The molecule has 4 heavy (non-hydrogen) atoms. The van der Waals surface area contributed by atoms with Crippen molar-refractivity contribution in [2.45, 2.75) is 0 Å². The maximum atomic E-state index is 0. The van der Waals surface area contributed by atoms with Gasteiger partial charge in [0.1, 0.15) is 0 Å². The molecule has 0 aromatic rings. The second kappa shape index (κ2) is 24.3. The molecule has 26 valence electrons. The van der Waals surface area contributed by atoms with Gasteiger partial charge in [0, 0.05) is 0 Å². The maximum Gasteiger partial charge on any atom is 1.00 e. The standard InChI is InChI=1S/Li.2H2S.H4Si.H/h;2*1H2;1H4;/q+1;;;;-1. The van der Waals surface area contributed by atoms with Gasteiger partial charge in [-0.2, -0.15) is 27.0 Å². The van der Waals surface area contributed by atoms with E-state index in [1.165, 1.54) is 0 Å². The van der Waals surface area contributed by atoms with Crippen molar-refractivity contribution in [1.82, 2.24) is 0 Å². The predicted octanol–water partition coefficient (Wildman–Crippen LogP) is -4.11. The summed E-state index contributed by atoms with van der Waals surface area (Å²) in [6.45, 7) is 0. The van der Waals surface area contributed by atoms with Gasteiger partial charge in [0.2, 0.25) is 0 Å². The fourth-order valence-electron chi connectivity index (χ4n) is 0. The molecule has 0 aromatic heterocycles. The molecule has 0 amide bonds. The molecule has 0 aliphatic heterocycles. The largest absolute Gasteiger partial charge is 1.00 e. The van der Waals surface area contributed by atoms with E-state index in [9.17, 15) is 0 Å². The second-order valence-electron chi connectivity index (χ2n) is 0. The molecule has 0 saturated heterocycles. The Morgan fingerprint density at radius 2 is 1.00 bits per heavy atom. The summed E-state index contributed by atoms with van der Waals surface area (Å²) in [5.41, 5.74) is 0. The molecule has 0 N–H and O–H groups in total. The average Bonchev–Trinajstić information content (AvgIpc) is 0. The van der Waals surface area contributed by atoms with Gasteiger partial charge in [-0.25, -0.2) is 0 Å². The quantitative estimate of drug-likeness (QED) is 0.277. The molecule has 0 bridgehead atoms. The SMILES string of the molecule is S.S.[H-].[Li+].[SiH4]. The third-order valence-corrected chi connectivity index (χ3v) is 0. The Morgan fingerprint density at radius 3 is 1.00 bits per heavy atom. The first-order valence-electron chi connectivity index (χ1n) is 0. The van der Waals surface area contributed by atoms with Gasteiger partial charge in [0.15, 0.2) is 0 Å². The van der Waals surface area contributed by atoms with Gasteiger partial charge in [-0.15, -0.1) is 0 Å². The van der Waals surface area contributed by atoms with Crippen LogP contribution in [0.25, 0.3) is 0 Å². The van der Waals surface area contributed by atoms with E-state index in [1.807, 2.05) is 0 Å². The molecule has 0 rings (SSSR count). The molecule has 0 nitrogen and oxygen atoms in total. The molecule has 0 spiro atoms. The molecule has 0 radical (unpaired) electrons. The van der Waals surface area contributed by atoms with Gasteiger partial charge >= 0.3 is 18.9 Å². The van der Waals surface area contributed by atoms with Crippen molar-refractivity contribution in [1.29, 1.82) is 0 Å². The topological polar surface area (TPSA) is 0 Å². The van der Waals surface area contributed by atoms with E-state index in [-0.39, 0.29) is 58.2 Å². The zero-order valence-electron chi connectivity index (χ0n) is 3.00. The average molecular weight is 108 g/mol. The Morgan fingerprint density at radius 1 is 1.00 bits per heavy atom. The Hall–Kier alpha value is 1.51. The first kappa shape index (κ1) is 49.0. The Kier molecular flexibility index (Phi) is 298. The van der Waals surface area contributed by atoms with Crippen LogP contribution < -0.4 is 18.9 Å². The van der Waals surface area contributed by atoms with Crippen LogP contribution in [0.5, 0.6) is 0 Å². The van der Waals surface area contributed by atoms with Crippen molar-refractivity contribution in [2.24, 2.45) is 0 Å². The summed E-state index contributed by atoms with van der Waals surface area (Å²) in [7, 11) is 0. The zero-order chi connectivity index (χ0) is 0. The minimum atomic E-state index is 0. The summed E-state index contributed by atoms with van der Waals surface area (Å²) >= 11 is 0.